The number of aromatic amines is 1. The van der Waals surface area contributed by atoms with Crippen LogP contribution in [0.25, 0.3) is 0 Å². The first-order valence-corrected chi connectivity index (χ1v) is 9.86. The van der Waals surface area contributed by atoms with Crippen LogP contribution in [0, 0.1) is 0 Å². The molecule has 138 valence electrons. The Bertz CT molecular complexity index is 620. The Balaban J connectivity index is 1.55. The fourth-order valence-corrected chi connectivity index (χ4v) is 5.24. The third-order valence-corrected chi connectivity index (χ3v) is 6.46. The highest BCUT2D eigenvalue weighted by atomic mass is 32.2. The van der Waals surface area contributed by atoms with Crippen molar-refractivity contribution in [1.29, 1.82) is 0 Å². The molecule has 2 aliphatic heterocycles. The minimum atomic E-state index is -0.437. The van der Waals surface area contributed by atoms with Crippen LogP contribution in [0.1, 0.15) is 71.2 Å². The van der Waals surface area contributed by atoms with E-state index in [0.29, 0.717) is 12.2 Å². The van der Waals surface area contributed by atoms with Crippen LogP contribution in [0.3, 0.4) is 0 Å². The normalized spacial score (nSPS) is 27.1. The Morgan fingerprint density at radius 2 is 2.08 bits per heavy atom. The number of amides is 2. The zero-order valence-electron chi connectivity index (χ0n) is 15.0. The number of H-pyrrole nitrogens is 1. The van der Waals surface area contributed by atoms with Gasteiger partial charge in [-0.25, -0.2) is 5.10 Å². The van der Waals surface area contributed by atoms with Gasteiger partial charge < -0.3 is 10.2 Å². The molecule has 2 saturated heterocycles. The standard InChI is InChI=1S/C16H26N6O2S/c1-4-5-6-7-8-9-10(23)17-11-14(24)22-12(13-18-20-21-19-13)16(2,3)25-15(11)22/h11-12,15H,4-9H2,1-3H3,(H,17,23)(H,18,19,20,21). The van der Waals surface area contributed by atoms with Crippen molar-refractivity contribution >= 4 is 23.6 Å². The number of hydrogen-bond donors (Lipinski definition) is 2. The van der Waals surface area contributed by atoms with Gasteiger partial charge in [0.05, 0.1) is 0 Å². The highest BCUT2D eigenvalue weighted by molar-refractivity contribution is 8.01. The lowest BCUT2D eigenvalue weighted by atomic mass is 9.95. The van der Waals surface area contributed by atoms with Crippen molar-refractivity contribution in [2.45, 2.75) is 81.5 Å². The molecular formula is C16H26N6O2S. The van der Waals surface area contributed by atoms with E-state index in [1.165, 1.54) is 19.3 Å². The van der Waals surface area contributed by atoms with Crippen LogP contribution < -0.4 is 5.32 Å². The Kier molecular flexibility index (Phi) is 5.31. The van der Waals surface area contributed by atoms with Crippen LogP contribution in [0.5, 0.6) is 0 Å². The van der Waals surface area contributed by atoms with Crippen LogP contribution in [0.4, 0.5) is 0 Å². The number of β-lactam (4-membered cyclic amide) rings is 1. The molecule has 3 atom stereocenters. The second kappa shape index (κ2) is 7.31. The number of nitrogens with one attached hydrogen (secondary N) is 2. The van der Waals surface area contributed by atoms with Crippen molar-refractivity contribution in [3.8, 4) is 0 Å². The van der Waals surface area contributed by atoms with E-state index in [1.807, 2.05) is 0 Å². The van der Waals surface area contributed by atoms with E-state index in [2.05, 4.69) is 46.7 Å². The van der Waals surface area contributed by atoms with E-state index >= 15 is 0 Å². The van der Waals surface area contributed by atoms with E-state index in [9.17, 15) is 9.59 Å². The monoisotopic (exact) mass is 366 g/mol. The van der Waals surface area contributed by atoms with E-state index in [4.69, 9.17) is 0 Å². The second-order valence-corrected chi connectivity index (χ2v) is 9.03. The lowest BCUT2D eigenvalue weighted by Crippen LogP contribution is -2.67. The molecule has 0 aliphatic carbocycles. The molecule has 0 spiro atoms. The van der Waals surface area contributed by atoms with Crippen molar-refractivity contribution in [3.05, 3.63) is 5.82 Å². The first kappa shape index (κ1) is 18.2. The summed E-state index contributed by atoms with van der Waals surface area (Å²) in [6.07, 6.45) is 6.01. The lowest BCUT2D eigenvalue weighted by Gasteiger charge is -2.44. The third kappa shape index (κ3) is 3.51. The predicted octanol–water partition coefficient (Wildman–Crippen LogP) is 1.78. The molecular weight excluding hydrogens is 340 g/mol. The molecule has 2 fully saturated rings. The SMILES string of the molecule is CCCCCCCC(=O)NC1C(=O)N2C1SC(C)(C)C2c1nnn[nH]1. The number of aromatic nitrogens is 4. The summed E-state index contributed by atoms with van der Waals surface area (Å²) in [7, 11) is 0. The van der Waals surface area contributed by atoms with E-state index in [1.54, 1.807) is 16.7 Å². The van der Waals surface area contributed by atoms with Gasteiger partial charge in [0.2, 0.25) is 11.8 Å². The summed E-state index contributed by atoms with van der Waals surface area (Å²) in [4.78, 5) is 26.5. The van der Waals surface area contributed by atoms with Crippen LogP contribution in [0.2, 0.25) is 0 Å². The van der Waals surface area contributed by atoms with Crippen molar-refractivity contribution in [2.24, 2.45) is 0 Å². The van der Waals surface area contributed by atoms with Gasteiger partial charge in [0.15, 0.2) is 5.82 Å². The number of carbonyl (C=O) groups excluding carboxylic acids is 2. The molecule has 2 N–H and O–H groups in total. The number of fused-ring (bicyclic) bond motifs is 1. The van der Waals surface area contributed by atoms with E-state index in [-0.39, 0.29) is 28.0 Å². The zero-order chi connectivity index (χ0) is 18.0. The van der Waals surface area contributed by atoms with Crippen LogP contribution in [-0.2, 0) is 9.59 Å². The van der Waals surface area contributed by atoms with E-state index in [0.717, 1.165) is 12.8 Å². The maximum Gasteiger partial charge on any atom is 0.249 e. The van der Waals surface area contributed by atoms with Gasteiger partial charge >= 0.3 is 0 Å². The van der Waals surface area contributed by atoms with Gasteiger partial charge in [-0.05, 0) is 30.7 Å². The summed E-state index contributed by atoms with van der Waals surface area (Å²) >= 11 is 1.69. The summed E-state index contributed by atoms with van der Waals surface area (Å²) in [6, 6.07) is -0.638. The number of hydrogen-bond acceptors (Lipinski definition) is 6. The quantitative estimate of drug-likeness (QED) is 0.537. The molecule has 9 heteroatoms. The van der Waals surface area contributed by atoms with Crippen molar-refractivity contribution in [3.63, 3.8) is 0 Å². The average molecular weight is 366 g/mol. The van der Waals surface area contributed by atoms with Gasteiger partial charge in [-0.15, -0.1) is 16.9 Å². The minimum absolute atomic E-state index is 0.0299. The molecule has 8 nitrogen and oxygen atoms in total. The summed E-state index contributed by atoms with van der Waals surface area (Å²) in [5.74, 6) is 0.510. The predicted molar refractivity (Wildman–Crippen MR) is 94.5 cm³/mol. The van der Waals surface area contributed by atoms with Crippen LogP contribution in [0.15, 0.2) is 0 Å². The number of carbonyl (C=O) groups is 2. The number of tetrazole rings is 1. The van der Waals surface area contributed by atoms with E-state index < -0.39 is 6.04 Å². The molecule has 2 amide bonds. The maximum absolute atomic E-state index is 12.6. The molecule has 0 bridgehead atoms. The molecule has 25 heavy (non-hydrogen) atoms. The molecule has 0 radical (unpaired) electrons. The first-order chi connectivity index (χ1) is 12.0. The minimum Gasteiger partial charge on any atom is -0.342 e. The maximum atomic E-state index is 12.6. The molecule has 3 rings (SSSR count). The summed E-state index contributed by atoms with van der Waals surface area (Å²) in [5.41, 5.74) is 0. The van der Waals surface area contributed by atoms with Crippen LogP contribution in [-0.4, -0.2) is 53.5 Å². The summed E-state index contributed by atoms with van der Waals surface area (Å²) < 4.78 is -0.221. The Morgan fingerprint density at radius 1 is 1.32 bits per heavy atom. The lowest BCUT2D eigenvalue weighted by molar-refractivity contribution is -0.151. The molecule has 1 aromatic heterocycles. The molecule has 0 aromatic carbocycles. The van der Waals surface area contributed by atoms with Crippen LogP contribution >= 0.6 is 11.8 Å². The van der Waals surface area contributed by atoms with Gasteiger partial charge in [0, 0.05) is 11.2 Å². The van der Waals surface area contributed by atoms with Gasteiger partial charge in [-0.3, -0.25) is 9.59 Å². The van der Waals surface area contributed by atoms with Gasteiger partial charge in [-0.1, -0.05) is 32.6 Å². The van der Waals surface area contributed by atoms with Crippen molar-refractivity contribution in [2.75, 3.05) is 0 Å². The third-order valence-electron chi connectivity index (χ3n) is 4.89. The zero-order valence-corrected chi connectivity index (χ0v) is 15.8. The second-order valence-electron chi connectivity index (χ2n) is 7.26. The smallest absolute Gasteiger partial charge is 0.249 e. The molecule has 3 heterocycles. The Morgan fingerprint density at radius 3 is 2.76 bits per heavy atom. The molecule has 0 saturated carbocycles. The van der Waals surface area contributed by atoms with Gasteiger partial charge in [0.25, 0.3) is 0 Å². The highest BCUT2D eigenvalue weighted by Gasteiger charge is 2.63. The van der Waals surface area contributed by atoms with Gasteiger partial charge in [0.1, 0.15) is 17.5 Å². The first-order valence-electron chi connectivity index (χ1n) is 8.98. The number of unbranched alkanes of at least 4 members (excludes halogenated alkanes) is 4. The fraction of sp³-hybridized carbons (Fsp3) is 0.812. The summed E-state index contributed by atoms with van der Waals surface area (Å²) in [6.45, 7) is 6.32. The van der Waals surface area contributed by atoms with Gasteiger partial charge in [-0.2, -0.15) is 0 Å². The van der Waals surface area contributed by atoms with Crippen molar-refractivity contribution < 1.29 is 9.59 Å². The van der Waals surface area contributed by atoms with Crippen molar-refractivity contribution in [1.82, 2.24) is 30.8 Å². The fourth-order valence-electron chi connectivity index (χ4n) is 3.61. The number of thioether (sulfide) groups is 1. The number of nitrogens with zero attached hydrogens (tertiary/aromatic N) is 4. The average Bonchev–Trinajstić information content (AvgIpc) is 3.16. The topological polar surface area (TPSA) is 104 Å². The Labute approximate surface area is 151 Å². The summed E-state index contributed by atoms with van der Waals surface area (Å²) in [5, 5.41) is 16.9. The Hall–Kier alpha value is -1.64. The molecule has 2 aliphatic rings. The largest absolute Gasteiger partial charge is 0.342 e. The molecule has 1 aromatic rings. The highest BCUT2D eigenvalue weighted by Crippen LogP contribution is 2.56. The molecule has 3 unspecified atom stereocenters. The number of rotatable bonds is 8.